The second kappa shape index (κ2) is 10.2. The van der Waals surface area contributed by atoms with Gasteiger partial charge < -0.3 is 0 Å². The lowest BCUT2D eigenvalue weighted by Crippen LogP contribution is -2.10. The van der Waals surface area contributed by atoms with Crippen molar-refractivity contribution >= 4 is 41.8 Å². The van der Waals surface area contributed by atoms with E-state index in [1.807, 2.05) is 38.1 Å². The summed E-state index contributed by atoms with van der Waals surface area (Å²) in [5.41, 5.74) is 3.07. The monoisotopic (exact) mass is 594 g/mol. The van der Waals surface area contributed by atoms with Crippen LogP contribution in [0.1, 0.15) is 11.1 Å². The van der Waals surface area contributed by atoms with Crippen molar-refractivity contribution in [3.8, 4) is 33.4 Å². The highest BCUT2D eigenvalue weighted by Crippen LogP contribution is 2.49. The van der Waals surface area contributed by atoms with Crippen molar-refractivity contribution in [2.24, 2.45) is 0 Å². The van der Waals surface area contributed by atoms with Gasteiger partial charge in [-0.25, -0.2) is 0 Å². The number of rotatable bonds is 5. The predicted octanol–water partition coefficient (Wildman–Crippen LogP) is 8.10. The average Bonchev–Trinajstić information content (AvgIpc) is 2.95. The standard InChI is InChI=1S/C34H26O6S2/c1-21-11-3-7-15-25(21)29-19-23-13-5-9-17-27(23)31(33(29)41(35,36)37)32-28-18-10-6-14-24(28)20-30(34(32)42(38,39)40)26-16-8-4-12-22(26)2/h3-20H,1-2H3,(H,35,36,37)(H,38,39,40). The fourth-order valence-corrected chi connectivity index (χ4v) is 7.67. The molecule has 0 atom stereocenters. The van der Waals surface area contributed by atoms with Gasteiger partial charge in [0.25, 0.3) is 20.2 Å². The molecule has 6 rings (SSSR count). The van der Waals surface area contributed by atoms with Gasteiger partial charge in [0, 0.05) is 22.3 Å². The van der Waals surface area contributed by atoms with E-state index in [1.54, 1.807) is 84.9 Å². The van der Waals surface area contributed by atoms with Crippen LogP contribution in [-0.4, -0.2) is 25.9 Å². The Balaban J connectivity index is 1.97. The van der Waals surface area contributed by atoms with Gasteiger partial charge in [0.05, 0.1) is 0 Å². The van der Waals surface area contributed by atoms with Crippen molar-refractivity contribution in [1.82, 2.24) is 0 Å². The second-order valence-corrected chi connectivity index (χ2v) is 13.0. The Bertz CT molecular complexity index is 2110. The molecule has 42 heavy (non-hydrogen) atoms. The number of hydrogen-bond acceptors (Lipinski definition) is 4. The molecule has 210 valence electrons. The molecule has 2 N–H and O–H groups in total. The summed E-state index contributed by atoms with van der Waals surface area (Å²) in [5, 5.41) is 2.06. The van der Waals surface area contributed by atoms with Crippen LogP contribution in [0, 0.1) is 13.8 Å². The summed E-state index contributed by atoms with van der Waals surface area (Å²) in [7, 11) is -9.92. The lowest BCUT2D eigenvalue weighted by atomic mass is 9.87. The lowest BCUT2D eigenvalue weighted by molar-refractivity contribution is 0.480. The zero-order valence-electron chi connectivity index (χ0n) is 22.7. The zero-order chi connectivity index (χ0) is 29.8. The van der Waals surface area contributed by atoms with Gasteiger partial charge in [0.1, 0.15) is 9.79 Å². The molecule has 0 aliphatic heterocycles. The number of aryl methyl sites for hydroxylation is 2. The van der Waals surface area contributed by atoms with Crippen LogP contribution >= 0.6 is 0 Å². The van der Waals surface area contributed by atoms with E-state index in [1.165, 1.54) is 0 Å². The van der Waals surface area contributed by atoms with Crippen molar-refractivity contribution in [2.75, 3.05) is 0 Å². The second-order valence-electron chi connectivity index (χ2n) is 10.3. The maximum atomic E-state index is 13.4. The molecule has 6 aromatic rings. The van der Waals surface area contributed by atoms with Gasteiger partial charge in [-0.1, -0.05) is 97.1 Å². The van der Waals surface area contributed by atoms with Crippen LogP contribution in [0.15, 0.2) is 119 Å². The minimum Gasteiger partial charge on any atom is -0.282 e. The van der Waals surface area contributed by atoms with Gasteiger partial charge in [-0.3, -0.25) is 9.11 Å². The number of fused-ring (bicyclic) bond motifs is 2. The first-order valence-corrected chi connectivity index (χ1v) is 16.0. The van der Waals surface area contributed by atoms with E-state index in [9.17, 15) is 25.9 Å². The lowest BCUT2D eigenvalue weighted by Gasteiger charge is -2.22. The average molecular weight is 595 g/mol. The van der Waals surface area contributed by atoms with Crippen LogP contribution in [0.5, 0.6) is 0 Å². The molecule has 0 saturated carbocycles. The minimum atomic E-state index is -4.96. The van der Waals surface area contributed by atoms with E-state index in [0.29, 0.717) is 32.7 Å². The third-order valence-electron chi connectivity index (χ3n) is 7.64. The predicted molar refractivity (Wildman–Crippen MR) is 167 cm³/mol. The first-order chi connectivity index (χ1) is 20.0. The van der Waals surface area contributed by atoms with Gasteiger partial charge >= 0.3 is 0 Å². The van der Waals surface area contributed by atoms with E-state index >= 15 is 0 Å². The molecule has 0 saturated heterocycles. The Labute approximate surface area is 244 Å². The van der Waals surface area contributed by atoms with Crippen molar-refractivity contribution in [3.05, 3.63) is 120 Å². The summed E-state index contributed by atoms with van der Waals surface area (Å²) in [6.07, 6.45) is 0. The SMILES string of the molecule is Cc1ccccc1-c1cc2ccccc2c(-c2c(S(=O)(=O)O)c(-c3ccccc3C)cc3ccccc23)c1S(=O)(=O)O. The van der Waals surface area contributed by atoms with Crippen molar-refractivity contribution in [2.45, 2.75) is 23.6 Å². The molecule has 0 aliphatic rings. The maximum Gasteiger partial charge on any atom is 0.295 e. The van der Waals surface area contributed by atoms with E-state index in [4.69, 9.17) is 0 Å². The highest BCUT2D eigenvalue weighted by molar-refractivity contribution is 7.86. The van der Waals surface area contributed by atoms with Crippen LogP contribution in [-0.2, 0) is 20.2 Å². The van der Waals surface area contributed by atoms with Crippen LogP contribution in [0.3, 0.4) is 0 Å². The van der Waals surface area contributed by atoms with Crippen LogP contribution < -0.4 is 0 Å². The molecule has 6 aromatic carbocycles. The molecule has 6 nitrogen and oxygen atoms in total. The van der Waals surface area contributed by atoms with Gasteiger partial charge in [-0.15, -0.1) is 0 Å². The summed E-state index contributed by atoms with van der Waals surface area (Å²) in [4.78, 5) is -0.875. The molecular formula is C34H26O6S2. The van der Waals surface area contributed by atoms with Gasteiger partial charge in [0.2, 0.25) is 0 Å². The summed E-state index contributed by atoms with van der Waals surface area (Å²) in [6, 6.07) is 31.7. The number of hydrogen-bond donors (Lipinski definition) is 2. The summed E-state index contributed by atoms with van der Waals surface area (Å²) in [5.74, 6) is 0. The van der Waals surface area contributed by atoms with E-state index in [-0.39, 0.29) is 22.3 Å². The third kappa shape index (κ3) is 4.68. The van der Waals surface area contributed by atoms with E-state index < -0.39 is 30.0 Å². The fourth-order valence-electron chi connectivity index (χ4n) is 5.84. The molecule has 0 spiro atoms. The first-order valence-electron chi connectivity index (χ1n) is 13.2. The smallest absolute Gasteiger partial charge is 0.282 e. The molecule has 0 bridgehead atoms. The van der Waals surface area contributed by atoms with Crippen LogP contribution in [0.2, 0.25) is 0 Å². The largest absolute Gasteiger partial charge is 0.295 e. The fraction of sp³-hybridized carbons (Fsp3) is 0.0588. The summed E-state index contributed by atoms with van der Waals surface area (Å²) < 4.78 is 75.5. The highest BCUT2D eigenvalue weighted by Gasteiger charge is 2.32. The van der Waals surface area contributed by atoms with Crippen molar-refractivity contribution < 1.29 is 25.9 Å². The van der Waals surface area contributed by atoms with Gasteiger partial charge in [-0.2, -0.15) is 16.8 Å². The van der Waals surface area contributed by atoms with Crippen LogP contribution in [0.4, 0.5) is 0 Å². The Morgan fingerprint density at radius 2 is 0.786 bits per heavy atom. The molecule has 0 heterocycles. The molecule has 0 aliphatic carbocycles. The van der Waals surface area contributed by atoms with E-state index in [2.05, 4.69) is 0 Å². The molecule has 0 amide bonds. The molecular weight excluding hydrogens is 569 g/mol. The molecule has 0 radical (unpaired) electrons. The molecule has 0 unspecified atom stereocenters. The Hall–Kier alpha value is -4.34. The maximum absolute atomic E-state index is 13.4. The molecule has 0 aromatic heterocycles. The van der Waals surface area contributed by atoms with Crippen molar-refractivity contribution in [3.63, 3.8) is 0 Å². The van der Waals surface area contributed by atoms with Crippen molar-refractivity contribution in [1.29, 1.82) is 0 Å². The third-order valence-corrected chi connectivity index (χ3v) is 9.52. The Morgan fingerprint density at radius 3 is 1.14 bits per heavy atom. The topological polar surface area (TPSA) is 109 Å². The highest BCUT2D eigenvalue weighted by atomic mass is 32.2. The number of benzene rings is 6. The summed E-state index contributed by atoms with van der Waals surface area (Å²) in [6.45, 7) is 3.66. The van der Waals surface area contributed by atoms with Gasteiger partial charge in [-0.05, 0) is 69.8 Å². The Morgan fingerprint density at radius 1 is 0.452 bits per heavy atom. The quantitative estimate of drug-likeness (QED) is 0.195. The van der Waals surface area contributed by atoms with Gasteiger partial charge in [0.15, 0.2) is 0 Å². The summed E-state index contributed by atoms with van der Waals surface area (Å²) >= 11 is 0. The zero-order valence-corrected chi connectivity index (χ0v) is 24.4. The Kier molecular flexibility index (Phi) is 6.74. The normalized spacial score (nSPS) is 12.2. The molecule has 0 fully saturated rings. The molecule has 8 heteroatoms. The van der Waals surface area contributed by atoms with E-state index in [0.717, 1.165) is 11.1 Å². The van der Waals surface area contributed by atoms with Crippen LogP contribution in [0.25, 0.3) is 54.9 Å². The first kappa shape index (κ1) is 27.8. The minimum absolute atomic E-state index is 0.00638.